The Kier molecular flexibility index (Phi) is 7.15. The van der Waals surface area contributed by atoms with Crippen LogP contribution in [0.5, 0.6) is 11.5 Å². The molecular weight excluding hydrogens is 402 g/mol. The van der Waals surface area contributed by atoms with Crippen molar-refractivity contribution in [3.63, 3.8) is 0 Å². The molecule has 1 aromatic carbocycles. The quantitative estimate of drug-likeness (QED) is 0.509. The molecule has 1 aliphatic carbocycles. The Morgan fingerprint density at radius 2 is 2.00 bits per heavy atom. The number of rotatable bonds is 7. The van der Waals surface area contributed by atoms with Crippen molar-refractivity contribution in [2.75, 3.05) is 26.1 Å². The van der Waals surface area contributed by atoms with Gasteiger partial charge < -0.3 is 19.5 Å². The summed E-state index contributed by atoms with van der Waals surface area (Å²) in [6, 6.07) is 5.40. The van der Waals surface area contributed by atoms with E-state index in [1.165, 1.54) is 17.4 Å². The van der Waals surface area contributed by atoms with E-state index in [0.717, 1.165) is 35.3 Å². The first kappa shape index (κ1) is 21.9. The van der Waals surface area contributed by atoms with Crippen molar-refractivity contribution >= 4 is 34.3 Å². The van der Waals surface area contributed by atoms with Gasteiger partial charge in [0.05, 0.1) is 26.4 Å². The van der Waals surface area contributed by atoms with Gasteiger partial charge in [-0.05, 0) is 61.4 Å². The molecule has 30 heavy (non-hydrogen) atoms. The third kappa shape index (κ3) is 4.84. The van der Waals surface area contributed by atoms with Gasteiger partial charge in [0.1, 0.15) is 5.00 Å². The first-order valence-corrected chi connectivity index (χ1v) is 10.8. The fraction of sp³-hybridized carbons (Fsp3) is 0.391. The lowest BCUT2D eigenvalue weighted by Crippen LogP contribution is -2.15. The summed E-state index contributed by atoms with van der Waals surface area (Å²) in [6.07, 6.45) is 5.92. The zero-order valence-corrected chi connectivity index (χ0v) is 18.6. The average molecular weight is 430 g/mol. The van der Waals surface area contributed by atoms with Gasteiger partial charge >= 0.3 is 5.97 Å². The van der Waals surface area contributed by atoms with Crippen molar-refractivity contribution in [1.82, 2.24) is 0 Å². The summed E-state index contributed by atoms with van der Waals surface area (Å²) in [5, 5.41) is 3.44. The van der Waals surface area contributed by atoms with Crippen LogP contribution in [-0.2, 0) is 22.4 Å². The molecular formula is C23H27NO5S. The number of esters is 1. The zero-order valence-electron chi connectivity index (χ0n) is 17.7. The summed E-state index contributed by atoms with van der Waals surface area (Å²) in [6.45, 7) is 4.28. The van der Waals surface area contributed by atoms with Gasteiger partial charge in [-0.25, -0.2) is 4.79 Å². The Hall–Kier alpha value is -2.80. The normalized spacial score (nSPS) is 15.5. The third-order valence-corrected chi connectivity index (χ3v) is 6.23. The van der Waals surface area contributed by atoms with E-state index in [9.17, 15) is 9.59 Å². The number of benzene rings is 1. The highest BCUT2D eigenvalue weighted by Crippen LogP contribution is 2.40. The molecule has 1 aromatic heterocycles. The van der Waals surface area contributed by atoms with Crippen molar-refractivity contribution in [2.45, 2.75) is 33.1 Å². The molecule has 1 aliphatic rings. The lowest BCUT2D eigenvalue weighted by Gasteiger charge is -2.18. The summed E-state index contributed by atoms with van der Waals surface area (Å²) in [7, 11) is 3.14. The average Bonchev–Trinajstić information content (AvgIpc) is 3.08. The van der Waals surface area contributed by atoms with E-state index in [2.05, 4.69) is 12.2 Å². The van der Waals surface area contributed by atoms with E-state index in [4.69, 9.17) is 14.2 Å². The molecule has 1 heterocycles. The van der Waals surface area contributed by atoms with Crippen LogP contribution in [0, 0.1) is 5.92 Å². The minimum absolute atomic E-state index is 0.298. The highest BCUT2D eigenvalue weighted by atomic mass is 32.1. The number of thiophene rings is 1. The highest BCUT2D eigenvalue weighted by molar-refractivity contribution is 7.17. The van der Waals surface area contributed by atoms with Crippen molar-refractivity contribution in [1.29, 1.82) is 0 Å². The van der Waals surface area contributed by atoms with Crippen LogP contribution in [-0.4, -0.2) is 32.7 Å². The predicted molar refractivity (Wildman–Crippen MR) is 119 cm³/mol. The van der Waals surface area contributed by atoms with Crippen LogP contribution >= 0.6 is 11.3 Å². The van der Waals surface area contributed by atoms with Crippen molar-refractivity contribution in [3.05, 3.63) is 45.8 Å². The van der Waals surface area contributed by atoms with Gasteiger partial charge in [0.15, 0.2) is 11.5 Å². The number of fused-ring (bicyclic) bond motifs is 1. The van der Waals surface area contributed by atoms with Gasteiger partial charge in [-0.15, -0.1) is 11.3 Å². The molecule has 2 aromatic rings. The topological polar surface area (TPSA) is 73.9 Å². The second-order valence-electron chi connectivity index (χ2n) is 7.21. The van der Waals surface area contributed by atoms with E-state index < -0.39 is 0 Å². The van der Waals surface area contributed by atoms with Crippen LogP contribution in [0.1, 0.15) is 46.6 Å². The van der Waals surface area contributed by atoms with Crippen LogP contribution in [0.15, 0.2) is 24.3 Å². The fourth-order valence-electron chi connectivity index (χ4n) is 3.54. The summed E-state index contributed by atoms with van der Waals surface area (Å²) in [5.74, 6) is 1.10. The Morgan fingerprint density at radius 3 is 2.70 bits per heavy atom. The van der Waals surface area contributed by atoms with Gasteiger partial charge in [-0.2, -0.15) is 0 Å². The number of amides is 1. The van der Waals surface area contributed by atoms with Gasteiger partial charge in [0, 0.05) is 11.0 Å². The minimum Gasteiger partial charge on any atom is -0.493 e. The Balaban J connectivity index is 1.81. The maximum Gasteiger partial charge on any atom is 0.341 e. The number of methoxy groups -OCH3 is 2. The molecule has 1 N–H and O–H groups in total. The van der Waals surface area contributed by atoms with E-state index >= 15 is 0 Å². The van der Waals surface area contributed by atoms with Gasteiger partial charge in [0.2, 0.25) is 5.91 Å². The number of hydrogen-bond acceptors (Lipinski definition) is 6. The van der Waals surface area contributed by atoms with Gasteiger partial charge in [-0.1, -0.05) is 13.0 Å². The molecule has 160 valence electrons. The minimum atomic E-state index is -0.372. The molecule has 6 nitrogen and oxygen atoms in total. The highest BCUT2D eigenvalue weighted by Gasteiger charge is 2.28. The standard InChI is InChI=1S/C23H27NO5S/c1-5-29-23(26)21-16-9-6-14(2)12-19(16)30-22(21)24-20(25)11-8-15-7-10-17(27-3)18(13-15)28-4/h7-8,10-11,13-14H,5-6,9,12H2,1-4H3,(H,24,25)/b11-8+/t14-/m0/s1. The second kappa shape index (κ2) is 9.80. The van der Waals surface area contributed by atoms with E-state index in [-0.39, 0.29) is 11.9 Å². The lowest BCUT2D eigenvalue weighted by molar-refractivity contribution is -0.111. The SMILES string of the molecule is CCOC(=O)c1c(NC(=O)/C=C/c2ccc(OC)c(OC)c2)sc2c1CC[C@H](C)C2. The second-order valence-corrected chi connectivity index (χ2v) is 8.32. The molecule has 1 amide bonds. The summed E-state index contributed by atoms with van der Waals surface area (Å²) in [4.78, 5) is 26.3. The summed E-state index contributed by atoms with van der Waals surface area (Å²) in [5.41, 5.74) is 2.33. The molecule has 0 saturated heterocycles. The largest absolute Gasteiger partial charge is 0.493 e. The maximum absolute atomic E-state index is 12.6. The van der Waals surface area contributed by atoms with Gasteiger partial charge in [-0.3, -0.25) is 4.79 Å². The fourth-order valence-corrected chi connectivity index (χ4v) is 4.94. The maximum atomic E-state index is 12.6. The van der Waals surface area contributed by atoms with E-state index in [0.29, 0.717) is 34.6 Å². The van der Waals surface area contributed by atoms with Crippen LogP contribution in [0.4, 0.5) is 5.00 Å². The van der Waals surface area contributed by atoms with Crippen molar-refractivity contribution in [2.24, 2.45) is 5.92 Å². The van der Waals surface area contributed by atoms with Crippen LogP contribution in [0.25, 0.3) is 6.08 Å². The van der Waals surface area contributed by atoms with Crippen LogP contribution < -0.4 is 14.8 Å². The molecule has 0 radical (unpaired) electrons. The molecule has 1 atom stereocenters. The van der Waals surface area contributed by atoms with E-state index in [1.54, 1.807) is 39.4 Å². The number of hydrogen-bond donors (Lipinski definition) is 1. The number of carbonyl (C=O) groups excluding carboxylic acids is 2. The zero-order chi connectivity index (χ0) is 21.7. The molecule has 0 aliphatic heterocycles. The number of anilines is 1. The Morgan fingerprint density at radius 1 is 1.23 bits per heavy atom. The van der Waals surface area contributed by atoms with E-state index in [1.807, 2.05) is 6.07 Å². The number of carbonyl (C=O) groups is 2. The molecule has 0 saturated carbocycles. The van der Waals surface area contributed by atoms with Crippen molar-refractivity contribution < 1.29 is 23.8 Å². The molecule has 0 bridgehead atoms. The Labute approximate surface area is 180 Å². The molecule has 7 heteroatoms. The first-order valence-electron chi connectivity index (χ1n) is 9.99. The molecule has 0 spiro atoms. The summed E-state index contributed by atoms with van der Waals surface area (Å²) < 4.78 is 15.8. The van der Waals surface area contributed by atoms with Crippen LogP contribution in [0.2, 0.25) is 0 Å². The summed E-state index contributed by atoms with van der Waals surface area (Å²) >= 11 is 1.48. The monoisotopic (exact) mass is 429 g/mol. The van der Waals surface area contributed by atoms with Crippen LogP contribution in [0.3, 0.4) is 0 Å². The smallest absolute Gasteiger partial charge is 0.341 e. The third-order valence-electron chi connectivity index (χ3n) is 5.06. The van der Waals surface area contributed by atoms with Gasteiger partial charge in [0.25, 0.3) is 0 Å². The van der Waals surface area contributed by atoms with Crippen molar-refractivity contribution in [3.8, 4) is 11.5 Å². The molecule has 3 rings (SSSR count). The predicted octanol–water partition coefficient (Wildman–Crippen LogP) is 4.72. The lowest BCUT2D eigenvalue weighted by atomic mass is 9.88. The molecule has 0 fully saturated rings. The number of nitrogens with one attached hydrogen (secondary N) is 1. The number of ether oxygens (including phenoxy) is 3. The first-order chi connectivity index (χ1) is 14.5. The Bertz CT molecular complexity index is 963. The molecule has 0 unspecified atom stereocenters.